The molecule has 1 fully saturated rings. The first-order valence-corrected chi connectivity index (χ1v) is 4.80. The Labute approximate surface area is 82.2 Å². The summed E-state index contributed by atoms with van der Waals surface area (Å²) in [4.78, 5) is 11.3. The Morgan fingerprint density at radius 1 is 1.77 bits per heavy atom. The highest BCUT2D eigenvalue weighted by Gasteiger charge is 2.28. The number of hydrogen-bond acceptors (Lipinski definition) is 3. The van der Waals surface area contributed by atoms with Gasteiger partial charge in [-0.25, -0.2) is 0 Å². The Bertz CT molecular complexity index is 188. The molecule has 1 amide bonds. The molecule has 1 rings (SSSR count). The van der Waals surface area contributed by atoms with Crippen LogP contribution in [0.1, 0.15) is 6.92 Å². The topological polar surface area (TPSA) is 58.6 Å². The first-order chi connectivity index (χ1) is 6.15. The van der Waals surface area contributed by atoms with Crippen molar-refractivity contribution in [3.05, 3.63) is 0 Å². The van der Waals surface area contributed by atoms with Crippen molar-refractivity contribution in [1.82, 2.24) is 5.32 Å². The normalized spacial score (nSPS) is 30.1. The third kappa shape index (κ3) is 2.83. The molecule has 0 bridgehead atoms. The van der Waals surface area contributed by atoms with E-state index in [4.69, 9.17) is 16.3 Å². The van der Waals surface area contributed by atoms with Gasteiger partial charge in [-0.05, 0) is 0 Å². The summed E-state index contributed by atoms with van der Waals surface area (Å²) >= 11 is 5.51. The van der Waals surface area contributed by atoms with E-state index in [0.29, 0.717) is 13.2 Å². The van der Waals surface area contributed by atoms with Gasteiger partial charge in [0, 0.05) is 11.8 Å². The van der Waals surface area contributed by atoms with E-state index >= 15 is 0 Å². The Hall–Kier alpha value is -0.320. The number of nitrogens with one attached hydrogen (secondary N) is 1. The van der Waals surface area contributed by atoms with Crippen LogP contribution in [0.5, 0.6) is 0 Å². The number of alkyl halides is 1. The minimum absolute atomic E-state index is 0.135. The number of amides is 1. The molecule has 5 heteroatoms. The molecule has 0 aromatic rings. The molecule has 1 unspecified atom stereocenters. The van der Waals surface area contributed by atoms with Gasteiger partial charge < -0.3 is 15.2 Å². The number of aliphatic hydroxyl groups excluding tert-OH is 1. The molecule has 0 radical (unpaired) electrons. The summed E-state index contributed by atoms with van der Waals surface area (Å²) in [5.74, 6) is -0.0748. The van der Waals surface area contributed by atoms with Gasteiger partial charge in [0.05, 0.1) is 25.4 Å². The number of ether oxygens (including phenoxy) is 1. The van der Waals surface area contributed by atoms with E-state index in [9.17, 15) is 9.90 Å². The summed E-state index contributed by atoms with van der Waals surface area (Å²) in [6.07, 6.45) is -0.591. The van der Waals surface area contributed by atoms with Gasteiger partial charge in [0.25, 0.3) is 0 Å². The zero-order valence-electron chi connectivity index (χ0n) is 7.50. The molecule has 2 N–H and O–H groups in total. The van der Waals surface area contributed by atoms with Gasteiger partial charge in [0.2, 0.25) is 5.91 Å². The Balaban J connectivity index is 2.35. The van der Waals surface area contributed by atoms with Crippen molar-refractivity contribution >= 4 is 17.5 Å². The predicted octanol–water partition coefficient (Wildman–Crippen LogP) is -0.263. The molecule has 0 aliphatic carbocycles. The monoisotopic (exact) mass is 207 g/mol. The third-order valence-corrected chi connectivity index (χ3v) is 2.52. The van der Waals surface area contributed by atoms with Crippen LogP contribution in [0.3, 0.4) is 0 Å². The molecule has 13 heavy (non-hydrogen) atoms. The minimum atomic E-state index is -0.591. The van der Waals surface area contributed by atoms with Crippen LogP contribution in [0, 0.1) is 5.92 Å². The first-order valence-electron chi connectivity index (χ1n) is 4.27. The van der Waals surface area contributed by atoms with Crippen LogP contribution in [-0.4, -0.2) is 42.3 Å². The van der Waals surface area contributed by atoms with Gasteiger partial charge >= 0.3 is 0 Å². The van der Waals surface area contributed by atoms with E-state index in [1.807, 2.05) is 0 Å². The average Bonchev–Trinajstić information content (AvgIpc) is 2.50. The Kier molecular flexibility index (Phi) is 3.96. The Morgan fingerprint density at radius 2 is 2.46 bits per heavy atom. The van der Waals surface area contributed by atoms with Crippen molar-refractivity contribution in [2.45, 2.75) is 19.1 Å². The van der Waals surface area contributed by atoms with Crippen LogP contribution in [0.15, 0.2) is 0 Å². The van der Waals surface area contributed by atoms with E-state index in [1.54, 1.807) is 6.92 Å². The fourth-order valence-corrected chi connectivity index (χ4v) is 1.22. The van der Waals surface area contributed by atoms with E-state index in [1.165, 1.54) is 0 Å². The smallest absolute Gasteiger partial charge is 0.224 e. The fourth-order valence-electron chi connectivity index (χ4n) is 1.08. The summed E-state index contributed by atoms with van der Waals surface area (Å²) in [6.45, 7) is 2.41. The summed E-state index contributed by atoms with van der Waals surface area (Å²) in [6, 6.07) is -0.279. The minimum Gasteiger partial charge on any atom is -0.388 e. The van der Waals surface area contributed by atoms with Crippen molar-refractivity contribution in [2.75, 3.05) is 19.1 Å². The van der Waals surface area contributed by atoms with Gasteiger partial charge in [-0.2, -0.15) is 0 Å². The van der Waals surface area contributed by atoms with Gasteiger partial charge in [-0.3, -0.25) is 4.79 Å². The van der Waals surface area contributed by atoms with E-state index in [2.05, 4.69) is 5.32 Å². The molecular weight excluding hydrogens is 194 g/mol. The molecule has 1 aliphatic heterocycles. The van der Waals surface area contributed by atoms with E-state index in [-0.39, 0.29) is 23.7 Å². The van der Waals surface area contributed by atoms with Crippen molar-refractivity contribution in [2.24, 2.45) is 5.92 Å². The van der Waals surface area contributed by atoms with E-state index < -0.39 is 6.10 Å². The van der Waals surface area contributed by atoms with Crippen LogP contribution in [-0.2, 0) is 9.53 Å². The standard InChI is InChI=1S/C8H14ClNO3/c1-5(2-9)8(12)10-6-3-13-4-7(6)11/h5-7,11H,2-4H2,1H3,(H,10,12)/t5?,6-,7-/m1/s1. The number of carbonyl (C=O) groups excluding carboxylic acids is 1. The second-order valence-corrected chi connectivity index (χ2v) is 3.58. The molecule has 0 spiro atoms. The van der Waals surface area contributed by atoms with Crippen molar-refractivity contribution in [1.29, 1.82) is 0 Å². The fraction of sp³-hybridized carbons (Fsp3) is 0.875. The van der Waals surface area contributed by atoms with Crippen molar-refractivity contribution < 1.29 is 14.6 Å². The highest BCUT2D eigenvalue weighted by Crippen LogP contribution is 2.06. The first kappa shape index (κ1) is 10.8. The quantitative estimate of drug-likeness (QED) is 0.627. The number of aliphatic hydroxyl groups is 1. The molecule has 0 aromatic heterocycles. The lowest BCUT2D eigenvalue weighted by Crippen LogP contribution is -2.44. The average molecular weight is 208 g/mol. The van der Waals surface area contributed by atoms with Crippen LogP contribution < -0.4 is 5.32 Å². The van der Waals surface area contributed by atoms with Crippen molar-refractivity contribution in [3.63, 3.8) is 0 Å². The number of carbonyl (C=O) groups is 1. The summed E-state index contributed by atoms with van der Waals surface area (Å²) in [7, 11) is 0. The SMILES string of the molecule is CC(CCl)C(=O)N[C@@H]1COC[C@H]1O. The van der Waals surface area contributed by atoms with Gasteiger partial charge in [0.15, 0.2) is 0 Å². The lowest BCUT2D eigenvalue weighted by Gasteiger charge is -2.16. The van der Waals surface area contributed by atoms with Crippen LogP contribution in [0.25, 0.3) is 0 Å². The largest absolute Gasteiger partial charge is 0.388 e. The highest BCUT2D eigenvalue weighted by molar-refractivity contribution is 6.19. The third-order valence-electron chi connectivity index (χ3n) is 2.06. The van der Waals surface area contributed by atoms with Crippen LogP contribution in [0.2, 0.25) is 0 Å². The Morgan fingerprint density at radius 3 is 2.92 bits per heavy atom. The second kappa shape index (κ2) is 4.79. The van der Waals surface area contributed by atoms with Gasteiger partial charge in [0.1, 0.15) is 0 Å². The molecule has 3 atom stereocenters. The molecular formula is C8H14ClNO3. The molecule has 0 saturated carbocycles. The van der Waals surface area contributed by atoms with E-state index in [0.717, 1.165) is 0 Å². The predicted molar refractivity (Wildman–Crippen MR) is 48.6 cm³/mol. The highest BCUT2D eigenvalue weighted by atomic mass is 35.5. The second-order valence-electron chi connectivity index (χ2n) is 3.28. The summed E-state index contributed by atoms with van der Waals surface area (Å²) in [5.41, 5.74) is 0. The van der Waals surface area contributed by atoms with Crippen LogP contribution in [0.4, 0.5) is 0 Å². The molecule has 4 nitrogen and oxygen atoms in total. The molecule has 1 aliphatic rings. The van der Waals surface area contributed by atoms with Gasteiger partial charge in [-0.1, -0.05) is 6.92 Å². The van der Waals surface area contributed by atoms with Gasteiger partial charge in [-0.15, -0.1) is 11.6 Å². The lowest BCUT2D eigenvalue weighted by molar-refractivity contribution is -0.125. The maximum atomic E-state index is 11.3. The molecule has 1 heterocycles. The van der Waals surface area contributed by atoms with Crippen LogP contribution >= 0.6 is 11.6 Å². The summed E-state index contributed by atoms with van der Waals surface area (Å²) in [5, 5.41) is 12.0. The number of halogens is 1. The van der Waals surface area contributed by atoms with Crippen molar-refractivity contribution in [3.8, 4) is 0 Å². The number of hydrogen-bond donors (Lipinski definition) is 2. The maximum absolute atomic E-state index is 11.3. The molecule has 0 aromatic carbocycles. The lowest BCUT2D eigenvalue weighted by atomic mass is 10.1. The maximum Gasteiger partial charge on any atom is 0.224 e. The molecule has 76 valence electrons. The number of rotatable bonds is 3. The zero-order chi connectivity index (χ0) is 9.84. The summed E-state index contributed by atoms with van der Waals surface area (Å²) < 4.78 is 4.99. The molecule has 1 saturated heterocycles. The zero-order valence-corrected chi connectivity index (χ0v) is 8.25.